The summed E-state index contributed by atoms with van der Waals surface area (Å²) in [4.78, 5) is 0. The fourth-order valence-corrected chi connectivity index (χ4v) is 0.766. The van der Waals surface area contributed by atoms with Crippen LogP contribution in [-0.2, 0) is 6.54 Å². The van der Waals surface area contributed by atoms with Crippen LogP contribution >= 0.6 is 0 Å². The molecule has 0 amide bonds. The van der Waals surface area contributed by atoms with E-state index in [-0.39, 0.29) is 0 Å². The molecule has 0 radical (unpaired) electrons. The van der Waals surface area contributed by atoms with Gasteiger partial charge in [-0.3, -0.25) is 0 Å². The summed E-state index contributed by atoms with van der Waals surface area (Å²) in [5, 5.41) is 13.5. The van der Waals surface area contributed by atoms with Gasteiger partial charge in [-0.2, -0.15) is 4.73 Å². The standard InChI is InChI=1S/C7H10N2O/c1-8-6-7-2-4-9(10)5-3-7/h2-5,8H,6H2,1H3. The van der Waals surface area contributed by atoms with E-state index in [9.17, 15) is 5.21 Å². The van der Waals surface area contributed by atoms with Crippen LogP contribution in [0.3, 0.4) is 0 Å². The van der Waals surface area contributed by atoms with Crippen LogP contribution in [0.1, 0.15) is 5.56 Å². The maximum Gasteiger partial charge on any atom is 0.180 e. The number of pyridine rings is 1. The summed E-state index contributed by atoms with van der Waals surface area (Å²) < 4.78 is 0.777. The molecule has 3 nitrogen and oxygen atoms in total. The van der Waals surface area contributed by atoms with Gasteiger partial charge in [0.1, 0.15) is 0 Å². The van der Waals surface area contributed by atoms with E-state index < -0.39 is 0 Å². The van der Waals surface area contributed by atoms with Crippen molar-refractivity contribution in [2.75, 3.05) is 7.05 Å². The molecule has 0 aliphatic carbocycles. The first-order valence-corrected chi connectivity index (χ1v) is 3.15. The summed E-state index contributed by atoms with van der Waals surface area (Å²) >= 11 is 0. The van der Waals surface area contributed by atoms with Crippen LogP contribution in [0.15, 0.2) is 24.5 Å². The molecule has 1 rings (SSSR count). The van der Waals surface area contributed by atoms with Crippen molar-refractivity contribution in [2.45, 2.75) is 6.54 Å². The summed E-state index contributed by atoms with van der Waals surface area (Å²) in [6, 6.07) is 3.59. The lowest BCUT2D eigenvalue weighted by Gasteiger charge is -1.98. The molecule has 54 valence electrons. The number of hydrogen-bond acceptors (Lipinski definition) is 2. The number of rotatable bonds is 2. The zero-order valence-corrected chi connectivity index (χ0v) is 5.87. The Bertz CT molecular complexity index is 195. The van der Waals surface area contributed by atoms with Gasteiger partial charge < -0.3 is 10.5 Å². The van der Waals surface area contributed by atoms with Crippen LogP contribution in [0.2, 0.25) is 0 Å². The summed E-state index contributed by atoms with van der Waals surface area (Å²) in [6.45, 7) is 0.806. The molecular formula is C7H10N2O. The van der Waals surface area contributed by atoms with Crippen LogP contribution in [-0.4, -0.2) is 7.05 Å². The fraction of sp³-hybridized carbons (Fsp3) is 0.286. The predicted molar refractivity (Wildman–Crippen MR) is 38.2 cm³/mol. The second-order valence-electron chi connectivity index (χ2n) is 2.10. The number of nitrogens with zero attached hydrogens (tertiary/aromatic N) is 1. The van der Waals surface area contributed by atoms with Crippen LogP contribution < -0.4 is 10.0 Å². The van der Waals surface area contributed by atoms with Crippen molar-refractivity contribution in [3.63, 3.8) is 0 Å². The first-order chi connectivity index (χ1) is 4.83. The van der Waals surface area contributed by atoms with Gasteiger partial charge in [0.15, 0.2) is 12.4 Å². The number of aromatic nitrogens is 1. The molecule has 1 N–H and O–H groups in total. The molecule has 0 spiro atoms. The lowest BCUT2D eigenvalue weighted by molar-refractivity contribution is -0.605. The van der Waals surface area contributed by atoms with E-state index >= 15 is 0 Å². The van der Waals surface area contributed by atoms with Crippen LogP contribution in [0.4, 0.5) is 0 Å². The fourth-order valence-electron chi connectivity index (χ4n) is 0.766. The molecule has 0 aromatic carbocycles. The van der Waals surface area contributed by atoms with E-state index in [2.05, 4.69) is 5.32 Å². The lowest BCUT2D eigenvalue weighted by Crippen LogP contribution is -2.24. The molecule has 0 atom stereocenters. The molecule has 0 bridgehead atoms. The second kappa shape index (κ2) is 3.17. The Balaban J connectivity index is 2.69. The first-order valence-electron chi connectivity index (χ1n) is 3.15. The minimum Gasteiger partial charge on any atom is -0.619 e. The molecule has 0 aliphatic rings. The molecule has 1 aromatic rings. The molecule has 10 heavy (non-hydrogen) atoms. The summed E-state index contributed by atoms with van der Waals surface area (Å²) in [6.07, 6.45) is 2.99. The quantitative estimate of drug-likeness (QED) is 0.463. The molecule has 1 aromatic heterocycles. The van der Waals surface area contributed by atoms with E-state index in [0.717, 1.165) is 16.8 Å². The zero-order valence-electron chi connectivity index (χ0n) is 5.87. The van der Waals surface area contributed by atoms with Gasteiger partial charge in [0, 0.05) is 18.7 Å². The van der Waals surface area contributed by atoms with Crippen LogP contribution in [0.25, 0.3) is 0 Å². The van der Waals surface area contributed by atoms with E-state index in [1.54, 1.807) is 12.1 Å². The van der Waals surface area contributed by atoms with Crippen molar-refractivity contribution in [3.05, 3.63) is 35.3 Å². The van der Waals surface area contributed by atoms with Crippen molar-refractivity contribution < 1.29 is 4.73 Å². The number of hydrogen-bond donors (Lipinski definition) is 1. The van der Waals surface area contributed by atoms with Crippen LogP contribution in [0, 0.1) is 5.21 Å². The molecule has 0 saturated heterocycles. The molecule has 0 saturated carbocycles. The van der Waals surface area contributed by atoms with Gasteiger partial charge in [0.05, 0.1) is 0 Å². The SMILES string of the molecule is CNCc1cc[n+]([O-])cc1. The lowest BCUT2D eigenvalue weighted by atomic mass is 10.3. The van der Waals surface area contributed by atoms with Gasteiger partial charge in [-0.05, 0) is 12.6 Å². The molecule has 1 heterocycles. The molecule has 3 heteroatoms. The third kappa shape index (κ3) is 1.70. The second-order valence-corrected chi connectivity index (χ2v) is 2.10. The minimum atomic E-state index is 0.777. The highest BCUT2D eigenvalue weighted by Gasteiger charge is 1.90. The average Bonchev–Trinajstić information content (AvgIpc) is 1.95. The summed E-state index contributed by atoms with van der Waals surface area (Å²) in [7, 11) is 1.87. The Morgan fingerprint density at radius 2 is 2.10 bits per heavy atom. The Morgan fingerprint density at radius 3 is 2.60 bits per heavy atom. The molecule has 0 aliphatic heterocycles. The van der Waals surface area contributed by atoms with Crippen molar-refractivity contribution >= 4 is 0 Å². The summed E-state index contributed by atoms with van der Waals surface area (Å²) in [5.41, 5.74) is 1.12. The first kappa shape index (κ1) is 7.02. The van der Waals surface area contributed by atoms with Gasteiger partial charge >= 0.3 is 0 Å². The maximum atomic E-state index is 10.5. The van der Waals surface area contributed by atoms with Gasteiger partial charge in [-0.15, -0.1) is 0 Å². The average molecular weight is 138 g/mol. The largest absolute Gasteiger partial charge is 0.619 e. The maximum absolute atomic E-state index is 10.5. The highest BCUT2D eigenvalue weighted by atomic mass is 16.5. The smallest absolute Gasteiger partial charge is 0.180 e. The third-order valence-corrected chi connectivity index (χ3v) is 1.25. The van der Waals surface area contributed by atoms with Crippen molar-refractivity contribution in [1.29, 1.82) is 0 Å². The Morgan fingerprint density at radius 1 is 1.50 bits per heavy atom. The van der Waals surface area contributed by atoms with Crippen molar-refractivity contribution in [2.24, 2.45) is 0 Å². The highest BCUT2D eigenvalue weighted by Crippen LogP contribution is 1.92. The molecular weight excluding hydrogens is 128 g/mol. The topological polar surface area (TPSA) is 39.0 Å². The molecule has 0 fully saturated rings. The van der Waals surface area contributed by atoms with Crippen molar-refractivity contribution in [3.8, 4) is 0 Å². The summed E-state index contributed by atoms with van der Waals surface area (Å²) in [5.74, 6) is 0. The highest BCUT2D eigenvalue weighted by molar-refractivity contribution is 5.06. The van der Waals surface area contributed by atoms with E-state index in [1.165, 1.54) is 12.4 Å². The van der Waals surface area contributed by atoms with Gasteiger partial charge in [0.2, 0.25) is 0 Å². The van der Waals surface area contributed by atoms with Gasteiger partial charge in [-0.1, -0.05) is 0 Å². The third-order valence-electron chi connectivity index (χ3n) is 1.25. The van der Waals surface area contributed by atoms with E-state index in [0.29, 0.717) is 0 Å². The monoisotopic (exact) mass is 138 g/mol. The Labute approximate surface area is 59.9 Å². The Hall–Kier alpha value is -1.09. The zero-order chi connectivity index (χ0) is 7.40. The van der Waals surface area contributed by atoms with Crippen molar-refractivity contribution in [1.82, 2.24) is 5.32 Å². The molecule has 0 unspecified atom stereocenters. The normalized spacial score (nSPS) is 9.70. The minimum absolute atomic E-state index is 0.777. The predicted octanol–water partition coefficient (Wildman–Crippen LogP) is 0.0394. The number of nitrogens with one attached hydrogen (secondary N) is 1. The Kier molecular flexibility index (Phi) is 2.23. The van der Waals surface area contributed by atoms with E-state index in [4.69, 9.17) is 0 Å². The van der Waals surface area contributed by atoms with Gasteiger partial charge in [0.25, 0.3) is 0 Å². The van der Waals surface area contributed by atoms with Gasteiger partial charge in [-0.25, -0.2) is 0 Å². The van der Waals surface area contributed by atoms with Crippen LogP contribution in [0.5, 0.6) is 0 Å². The van der Waals surface area contributed by atoms with E-state index in [1.807, 2.05) is 7.05 Å².